The van der Waals surface area contributed by atoms with Gasteiger partial charge in [0.15, 0.2) is 11.5 Å². The van der Waals surface area contributed by atoms with Crippen LogP contribution in [0.1, 0.15) is 30.3 Å². The van der Waals surface area contributed by atoms with Gasteiger partial charge >= 0.3 is 0 Å². The molecule has 2 aromatic rings. The third-order valence-corrected chi connectivity index (χ3v) is 3.93. The van der Waals surface area contributed by atoms with Gasteiger partial charge in [-0.25, -0.2) is 5.43 Å². The number of carbonyl (C=O) groups is 1. The van der Waals surface area contributed by atoms with Gasteiger partial charge in [0.05, 0.1) is 26.5 Å². The van der Waals surface area contributed by atoms with E-state index in [0.29, 0.717) is 30.9 Å². The predicted molar refractivity (Wildman–Crippen MR) is 101 cm³/mol. The van der Waals surface area contributed by atoms with Crippen molar-refractivity contribution in [1.29, 1.82) is 0 Å². The molecule has 140 valence electrons. The van der Waals surface area contributed by atoms with Gasteiger partial charge in [-0.2, -0.15) is 10.2 Å². The van der Waals surface area contributed by atoms with Crippen LogP contribution in [0.25, 0.3) is 0 Å². The second kappa shape index (κ2) is 9.03. The predicted octanol–water partition coefficient (Wildman–Crippen LogP) is 2.64. The summed E-state index contributed by atoms with van der Waals surface area (Å²) in [4.78, 5) is 12.0. The molecule has 0 atom stereocenters. The normalized spacial score (nSPS) is 11.3. The monoisotopic (exact) mass is 358 g/mol. The van der Waals surface area contributed by atoms with E-state index in [1.165, 1.54) is 0 Å². The molecule has 1 amide bonds. The van der Waals surface area contributed by atoms with E-state index < -0.39 is 0 Å². The molecule has 7 heteroatoms. The first-order valence-electron chi connectivity index (χ1n) is 8.47. The maximum Gasteiger partial charge on any atom is 0.241 e. The molecule has 1 aromatic carbocycles. The number of aryl methyl sites for hydroxylation is 3. The molecule has 0 aliphatic carbocycles. The van der Waals surface area contributed by atoms with E-state index in [2.05, 4.69) is 15.6 Å². The Morgan fingerprint density at radius 1 is 1.19 bits per heavy atom. The molecular weight excluding hydrogens is 332 g/mol. The Hall–Kier alpha value is -2.83. The average molecular weight is 358 g/mol. The lowest BCUT2D eigenvalue weighted by Gasteiger charge is -2.09. The van der Waals surface area contributed by atoms with Gasteiger partial charge in [0, 0.05) is 24.2 Å². The maximum absolute atomic E-state index is 12.0. The van der Waals surface area contributed by atoms with Crippen LogP contribution in [-0.2, 0) is 17.8 Å². The number of methoxy groups -OCH3 is 2. The van der Waals surface area contributed by atoms with Gasteiger partial charge < -0.3 is 9.47 Å². The van der Waals surface area contributed by atoms with E-state index in [0.717, 1.165) is 22.7 Å². The van der Waals surface area contributed by atoms with Gasteiger partial charge in [-0.3, -0.25) is 9.48 Å². The van der Waals surface area contributed by atoms with Crippen molar-refractivity contribution >= 4 is 11.6 Å². The van der Waals surface area contributed by atoms with Crippen LogP contribution in [0.4, 0.5) is 0 Å². The number of nitrogens with zero attached hydrogens (tertiary/aromatic N) is 3. The molecule has 0 spiro atoms. The van der Waals surface area contributed by atoms with Crippen molar-refractivity contribution in [3.63, 3.8) is 0 Å². The molecule has 1 N–H and O–H groups in total. The van der Waals surface area contributed by atoms with Crippen LogP contribution in [0.15, 0.2) is 29.4 Å². The SMILES string of the molecule is COc1ccc(C/C(C)=N\NC(=O)CCn2nc(C)cc2C)cc1OC. The first kappa shape index (κ1) is 19.5. The van der Waals surface area contributed by atoms with Crippen LogP contribution in [0, 0.1) is 13.8 Å². The number of amides is 1. The summed E-state index contributed by atoms with van der Waals surface area (Å²) in [7, 11) is 3.21. The van der Waals surface area contributed by atoms with Crippen molar-refractivity contribution in [2.75, 3.05) is 14.2 Å². The largest absolute Gasteiger partial charge is 0.493 e. The molecule has 0 aliphatic heterocycles. The summed E-state index contributed by atoms with van der Waals surface area (Å²) in [6, 6.07) is 7.70. The molecule has 2 rings (SSSR count). The minimum Gasteiger partial charge on any atom is -0.493 e. The Bertz CT molecular complexity index is 796. The van der Waals surface area contributed by atoms with Crippen molar-refractivity contribution in [1.82, 2.24) is 15.2 Å². The Morgan fingerprint density at radius 2 is 1.92 bits per heavy atom. The summed E-state index contributed by atoms with van der Waals surface area (Å²) >= 11 is 0. The topological polar surface area (TPSA) is 77.7 Å². The third-order valence-electron chi connectivity index (χ3n) is 3.93. The van der Waals surface area contributed by atoms with Gasteiger partial charge in [0.25, 0.3) is 0 Å². The minimum absolute atomic E-state index is 0.135. The van der Waals surface area contributed by atoms with E-state index in [4.69, 9.17) is 9.47 Å². The summed E-state index contributed by atoms with van der Waals surface area (Å²) in [6.07, 6.45) is 0.938. The molecule has 0 bridgehead atoms. The lowest BCUT2D eigenvalue weighted by atomic mass is 10.1. The second-order valence-corrected chi connectivity index (χ2v) is 6.15. The molecule has 0 saturated carbocycles. The summed E-state index contributed by atoms with van der Waals surface area (Å²) in [5.74, 6) is 1.22. The Kier molecular flexibility index (Phi) is 6.77. The Morgan fingerprint density at radius 3 is 2.54 bits per heavy atom. The maximum atomic E-state index is 12.0. The Labute approximate surface area is 154 Å². The first-order chi connectivity index (χ1) is 12.4. The second-order valence-electron chi connectivity index (χ2n) is 6.15. The van der Waals surface area contributed by atoms with Gasteiger partial charge in [-0.1, -0.05) is 6.07 Å². The zero-order valence-corrected chi connectivity index (χ0v) is 16.0. The van der Waals surface area contributed by atoms with Gasteiger partial charge in [0.1, 0.15) is 0 Å². The quantitative estimate of drug-likeness (QED) is 0.581. The van der Waals surface area contributed by atoms with Crippen molar-refractivity contribution in [2.45, 2.75) is 40.2 Å². The molecule has 1 heterocycles. The van der Waals surface area contributed by atoms with Gasteiger partial charge in [-0.05, 0) is 44.5 Å². The smallest absolute Gasteiger partial charge is 0.241 e. The number of ether oxygens (including phenoxy) is 2. The molecule has 26 heavy (non-hydrogen) atoms. The van der Waals surface area contributed by atoms with Crippen molar-refractivity contribution in [3.8, 4) is 11.5 Å². The number of benzene rings is 1. The van der Waals surface area contributed by atoms with Crippen LogP contribution in [0.2, 0.25) is 0 Å². The van der Waals surface area contributed by atoms with Crippen molar-refractivity contribution < 1.29 is 14.3 Å². The van der Waals surface area contributed by atoms with Gasteiger partial charge in [0.2, 0.25) is 5.91 Å². The molecule has 0 unspecified atom stereocenters. The van der Waals surface area contributed by atoms with Crippen LogP contribution < -0.4 is 14.9 Å². The van der Waals surface area contributed by atoms with E-state index >= 15 is 0 Å². The summed E-state index contributed by atoms with van der Waals surface area (Å²) in [6.45, 7) is 6.32. The first-order valence-corrected chi connectivity index (χ1v) is 8.47. The lowest BCUT2D eigenvalue weighted by Crippen LogP contribution is -2.21. The molecule has 0 aliphatic rings. The molecule has 0 fully saturated rings. The standard InChI is InChI=1S/C19H26N4O3/c1-13(11-16-6-7-17(25-4)18(12-16)26-5)20-21-19(24)8-9-23-15(3)10-14(2)22-23/h6-7,10,12H,8-9,11H2,1-5H3,(H,21,24)/b20-13-. The number of carbonyl (C=O) groups excluding carboxylic acids is 1. The number of rotatable bonds is 8. The lowest BCUT2D eigenvalue weighted by molar-refractivity contribution is -0.121. The van der Waals surface area contributed by atoms with E-state index in [1.54, 1.807) is 14.2 Å². The summed E-state index contributed by atoms with van der Waals surface area (Å²) in [5.41, 5.74) is 6.43. The fourth-order valence-corrected chi connectivity index (χ4v) is 2.65. The minimum atomic E-state index is -0.135. The number of hydrazone groups is 1. The fraction of sp³-hybridized carbons (Fsp3) is 0.421. The summed E-state index contributed by atoms with van der Waals surface area (Å²) in [5, 5.41) is 8.52. The highest BCUT2D eigenvalue weighted by atomic mass is 16.5. The highest BCUT2D eigenvalue weighted by molar-refractivity contribution is 5.86. The highest BCUT2D eigenvalue weighted by Crippen LogP contribution is 2.27. The molecule has 7 nitrogen and oxygen atoms in total. The number of nitrogens with one attached hydrogen (secondary N) is 1. The zero-order chi connectivity index (χ0) is 19.1. The van der Waals surface area contributed by atoms with Crippen molar-refractivity contribution in [3.05, 3.63) is 41.2 Å². The number of hydrogen-bond donors (Lipinski definition) is 1. The zero-order valence-electron chi connectivity index (χ0n) is 16.0. The number of aromatic nitrogens is 2. The van der Waals surface area contributed by atoms with Gasteiger partial charge in [-0.15, -0.1) is 0 Å². The van der Waals surface area contributed by atoms with E-state index in [9.17, 15) is 4.79 Å². The summed E-state index contributed by atoms with van der Waals surface area (Å²) < 4.78 is 12.4. The average Bonchev–Trinajstić information content (AvgIpc) is 2.95. The third kappa shape index (κ3) is 5.34. The van der Waals surface area contributed by atoms with Crippen LogP contribution in [0.3, 0.4) is 0 Å². The van der Waals surface area contributed by atoms with E-state index in [-0.39, 0.29) is 5.91 Å². The Balaban J connectivity index is 1.87. The molecule has 0 saturated heterocycles. The fourth-order valence-electron chi connectivity index (χ4n) is 2.65. The van der Waals surface area contributed by atoms with Crippen LogP contribution >= 0.6 is 0 Å². The van der Waals surface area contributed by atoms with Crippen molar-refractivity contribution in [2.24, 2.45) is 5.10 Å². The van der Waals surface area contributed by atoms with Crippen LogP contribution in [-0.4, -0.2) is 35.6 Å². The molecule has 0 radical (unpaired) electrons. The van der Waals surface area contributed by atoms with Crippen LogP contribution in [0.5, 0.6) is 11.5 Å². The molecule has 1 aromatic heterocycles. The highest BCUT2D eigenvalue weighted by Gasteiger charge is 2.07. The van der Waals surface area contributed by atoms with E-state index in [1.807, 2.05) is 49.7 Å². The number of hydrogen-bond acceptors (Lipinski definition) is 5. The molecular formula is C19H26N4O3.